The van der Waals surface area contributed by atoms with Crippen molar-refractivity contribution < 1.29 is 32.7 Å². The SMILES string of the molecule is O.O=[N+]([O-])[O-].O=[N+]([O-])[O-].[Fe+2]. The fourth-order valence-corrected chi connectivity index (χ4v) is 0. The van der Waals surface area contributed by atoms with Crippen molar-refractivity contribution >= 4 is 0 Å². The van der Waals surface area contributed by atoms with Crippen molar-refractivity contribution in [3.8, 4) is 0 Å². The van der Waals surface area contributed by atoms with Gasteiger partial charge in [-0.1, -0.05) is 0 Å². The first kappa shape index (κ1) is 23.2. The first-order valence-corrected chi connectivity index (χ1v) is 1.10. The molecule has 0 aromatic heterocycles. The maximum absolute atomic E-state index is 8.25. The average Bonchev–Trinajstić information content (AvgIpc) is 1.25. The molecular weight excluding hydrogens is 196 g/mol. The molecule has 0 spiro atoms. The predicted octanol–water partition coefficient (Wildman–Crippen LogP) is -1.31. The summed E-state index contributed by atoms with van der Waals surface area (Å²) in [5, 5.41) is 29.5. The van der Waals surface area contributed by atoms with Gasteiger partial charge in [-0.25, -0.2) is 0 Å². The summed E-state index contributed by atoms with van der Waals surface area (Å²) in [7, 11) is 0. The summed E-state index contributed by atoms with van der Waals surface area (Å²) in [5.41, 5.74) is 0. The van der Waals surface area contributed by atoms with Gasteiger partial charge in [0.25, 0.3) is 0 Å². The van der Waals surface area contributed by atoms with Crippen LogP contribution in [0.4, 0.5) is 0 Å². The van der Waals surface area contributed by atoms with Gasteiger partial charge >= 0.3 is 17.1 Å². The second-order valence-corrected chi connectivity index (χ2v) is 0.447. The van der Waals surface area contributed by atoms with Gasteiger partial charge in [-0.3, -0.25) is 0 Å². The van der Waals surface area contributed by atoms with Crippen molar-refractivity contribution in [1.29, 1.82) is 0 Å². The van der Waals surface area contributed by atoms with Crippen LogP contribution in [0, 0.1) is 30.6 Å². The molecule has 62 valence electrons. The van der Waals surface area contributed by atoms with Gasteiger partial charge < -0.3 is 36.1 Å². The predicted molar refractivity (Wildman–Crippen MR) is 24.3 cm³/mol. The molecule has 0 bridgehead atoms. The molecular formula is H2FeN2O7. The third-order valence-electron chi connectivity index (χ3n) is 0. The molecule has 10 heteroatoms. The van der Waals surface area contributed by atoms with Crippen LogP contribution in [0.5, 0.6) is 0 Å². The van der Waals surface area contributed by atoms with E-state index in [1.165, 1.54) is 0 Å². The first-order valence-electron chi connectivity index (χ1n) is 1.10. The monoisotopic (exact) mass is 198 g/mol. The van der Waals surface area contributed by atoms with E-state index >= 15 is 0 Å². The van der Waals surface area contributed by atoms with Crippen LogP contribution in [0.25, 0.3) is 0 Å². The molecule has 0 amide bonds. The molecule has 0 rings (SSSR count). The molecule has 0 aliphatic carbocycles. The van der Waals surface area contributed by atoms with Crippen molar-refractivity contribution in [1.82, 2.24) is 0 Å². The molecule has 0 aliphatic heterocycles. The topological polar surface area (TPSA) is 164 Å². The standard InChI is InChI=1S/Fe.2NO3.H2O/c;2*2-1(3)4;/h;;;1H2/q+2;2*-1;. The van der Waals surface area contributed by atoms with Crippen LogP contribution in [0.3, 0.4) is 0 Å². The molecule has 0 atom stereocenters. The second-order valence-electron chi connectivity index (χ2n) is 0.447. The smallest absolute Gasteiger partial charge is 0.412 e. The molecule has 9 nitrogen and oxygen atoms in total. The van der Waals surface area contributed by atoms with E-state index in [0.29, 0.717) is 0 Å². The molecule has 0 aromatic carbocycles. The number of hydrogen-bond acceptors (Lipinski definition) is 6. The summed E-state index contributed by atoms with van der Waals surface area (Å²) in [6.45, 7) is 0. The van der Waals surface area contributed by atoms with E-state index in [-0.39, 0.29) is 22.5 Å². The average molecular weight is 198 g/mol. The zero-order valence-corrected chi connectivity index (χ0v) is 5.30. The molecule has 0 saturated heterocycles. The Morgan fingerprint density at radius 3 is 0.800 bits per heavy atom. The quantitative estimate of drug-likeness (QED) is 0.266. The number of nitrogens with zero attached hydrogens (tertiary/aromatic N) is 2. The van der Waals surface area contributed by atoms with Crippen molar-refractivity contribution in [3.63, 3.8) is 0 Å². The zero-order chi connectivity index (χ0) is 7.15. The first-order chi connectivity index (χ1) is 3.46. The van der Waals surface area contributed by atoms with Crippen LogP contribution < -0.4 is 0 Å². The van der Waals surface area contributed by atoms with Crippen LogP contribution in [-0.4, -0.2) is 15.6 Å². The van der Waals surface area contributed by atoms with Gasteiger partial charge in [-0.05, 0) is 0 Å². The molecule has 10 heavy (non-hydrogen) atoms. The fraction of sp³-hybridized carbons (Fsp3) is 0. The molecule has 0 fully saturated rings. The van der Waals surface area contributed by atoms with Crippen molar-refractivity contribution in [2.45, 2.75) is 0 Å². The minimum atomic E-state index is -1.75. The zero-order valence-electron chi connectivity index (χ0n) is 4.20. The van der Waals surface area contributed by atoms with E-state index in [4.69, 9.17) is 30.6 Å². The number of rotatable bonds is 0. The summed E-state index contributed by atoms with van der Waals surface area (Å²) in [6.07, 6.45) is 0. The van der Waals surface area contributed by atoms with E-state index in [9.17, 15) is 0 Å². The molecule has 0 radical (unpaired) electrons. The van der Waals surface area contributed by atoms with Gasteiger partial charge in [0, 0.05) is 0 Å². The maximum atomic E-state index is 8.25. The van der Waals surface area contributed by atoms with E-state index in [1.54, 1.807) is 0 Å². The molecule has 0 saturated carbocycles. The molecule has 0 unspecified atom stereocenters. The van der Waals surface area contributed by atoms with E-state index in [1.807, 2.05) is 0 Å². The number of hydrogen-bond donors (Lipinski definition) is 0. The van der Waals surface area contributed by atoms with E-state index < -0.39 is 10.2 Å². The summed E-state index contributed by atoms with van der Waals surface area (Å²) in [6, 6.07) is 0. The van der Waals surface area contributed by atoms with Crippen LogP contribution in [0.2, 0.25) is 0 Å². The van der Waals surface area contributed by atoms with Crippen LogP contribution in [-0.2, 0) is 17.1 Å². The molecule has 0 aliphatic rings. The summed E-state index contributed by atoms with van der Waals surface area (Å²) in [4.78, 5) is 16.5. The Kier molecular flexibility index (Phi) is 36.3. The Morgan fingerprint density at radius 2 is 0.800 bits per heavy atom. The van der Waals surface area contributed by atoms with Gasteiger partial charge in [0.05, 0.1) is 10.2 Å². The second kappa shape index (κ2) is 15.7. The van der Waals surface area contributed by atoms with Crippen molar-refractivity contribution in [2.75, 3.05) is 0 Å². The normalized spacial score (nSPS) is 4.80. The van der Waals surface area contributed by atoms with Gasteiger partial charge in [0.1, 0.15) is 0 Å². The van der Waals surface area contributed by atoms with Gasteiger partial charge in [-0.15, -0.1) is 0 Å². The van der Waals surface area contributed by atoms with Gasteiger partial charge in [0.15, 0.2) is 0 Å². The van der Waals surface area contributed by atoms with Gasteiger partial charge in [-0.2, -0.15) is 0 Å². The minimum Gasteiger partial charge on any atom is -0.412 e. The van der Waals surface area contributed by atoms with Crippen molar-refractivity contribution in [3.05, 3.63) is 30.6 Å². The Morgan fingerprint density at radius 1 is 0.800 bits per heavy atom. The molecule has 0 heterocycles. The van der Waals surface area contributed by atoms with E-state index in [2.05, 4.69) is 0 Å². The van der Waals surface area contributed by atoms with E-state index in [0.717, 1.165) is 0 Å². The Hall–Kier alpha value is -1.12. The Labute approximate surface area is 64.3 Å². The third kappa shape index (κ3) is 189. The maximum Gasteiger partial charge on any atom is 2.00 e. The van der Waals surface area contributed by atoms with Crippen LogP contribution in [0.15, 0.2) is 0 Å². The van der Waals surface area contributed by atoms with Crippen LogP contribution >= 0.6 is 0 Å². The van der Waals surface area contributed by atoms with Crippen LogP contribution in [0.1, 0.15) is 0 Å². The minimum absolute atomic E-state index is 0. The van der Waals surface area contributed by atoms with Gasteiger partial charge in [0.2, 0.25) is 0 Å². The summed E-state index contributed by atoms with van der Waals surface area (Å²) < 4.78 is 0. The molecule has 2 N–H and O–H groups in total. The third-order valence-corrected chi connectivity index (χ3v) is 0. The molecule has 0 aromatic rings. The summed E-state index contributed by atoms with van der Waals surface area (Å²) in [5.74, 6) is 0. The fourth-order valence-electron chi connectivity index (χ4n) is 0. The Balaban J connectivity index is -0.0000000300. The largest absolute Gasteiger partial charge is 2.00 e. The summed E-state index contributed by atoms with van der Waals surface area (Å²) >= 11 is 0. The van der Waals surface area contributed by atoms with Crippen molar-refractivity contribution in [2.24, 2.45) is 0 Å². The Bertz CT molecular complexity index is 69.6.